The van der Waals surface area contributed by atoms with Crippen LogP contribution in [0.3, 0.4) is 0 Å². The molecule has 3 heterocycles. The lowest BCUT2D eigenvalue weighted by Gasteiger charge is -2.09. The van der Waals surface area contributed by atoms with Gasteiger partial charge in [0.2, 0.25) is 0 Å². The van der Waals surface area contributed by atoms with Gasteiger partial charge in [0.25, 0.3) is 5.56 Å². The quantitative estimate of drug-likeness (QED) is 0.545. The van der Waals surface area contributed by atoms with Gasteiger partial charge in [-0.3, -0.25) is 14.0 Å². The van der Waals surface area contributed by atoms with Crippen molar-refractivity contribution in [2.24, 2.45) is 0 Å². The Kier molecular flexibility index (Phi) is 4.65. The first-order chi connectivity index (χ1) is 13.5. The van der Waals surface area contributed by atoms with E-state index < -0.39 is 18.1 Å². The maximum Gasteiger partial charge on any atom is 0.300 e. The minimum atomic E-state index is -0.613. The van der Waals surface area contributed by atoms with E-state index in [4.69, 9.17) is 17.3 Å². The van der Waals surface area contributed by atoms with Gasteiger partial charge in [-0.2, -0.15) is 14.5 Å². The summed E-state index contributed by atoms with van der Waals surface area (Å²) in [5.74, 6) is -0.608. The lowest BCUT2D eigenvalue weighted by atomic mass is 10.2. The maximum atomic E-state index is 13.0. The molecule has 3 aromatic heterocycles. The van der Waals surface area contributed by atoms with Crippen LogP contribution in [0.5, 0.6) is 0 Å². The van der Waals surface area contributed by atoms with Crippen LogP contribution in [0.25, 0.3) is 16.5 Å². The molecular formula is C17H12ClFN6O2S. The van der Waals surface area contributed by atoms with E-state index >= 15 is 0 Å². The Morgan fingerprint density at radius 1 is 1.29 bits per heavy atom. The summed E-state index contributed by atoms with van der Waals surface area (Å²) >= 11 is 7.04. The van der Waals surface area contributed by atoms with Crippen molar-refractivity contribution in [3.63, 3.8) is 0 Å². The topological polar surface area (TPSA) is 109 Å². The molecule has 0 radical (unpaired) electrons. The number of carbonyl (C=O) groups excluding carboxylic acids is 1. The van der Waals surface area contributed by atoms with Crippen molar-refractivity contribution in [1.29, 1.82) is 0 Å². The molecule has 0 aliphatic rings. The summed E-state index contributed by atoms with van der Waals surface area (Å²) in [7, 11) is 0. The number of fused-ring (bicyclic) bond motifs is 1. The highest BCUT2D eigenvalue weighted by atomic mass is 35.5. The zero-order chi connectivity index (χ0) is 19.8. The molecule has 0 spiro atoms. The van der Waals surface area contributed by atoms with Gasteiger partial charge in [-0.05, 0) is 24.3 Å². The van der Waals surface area contributed by atoms with Gasteiger partial charge in [0.05, 0.1) is 34.6 Å². The van der Waals surface area contributed by atoms with E-state index in [-0.39, 0.29) is 22.5 Å². The highest BCUT2D eigenvalue weighted by Crippen LogP contribution is 2.28. The second-order valence-electron chi connectivity index (χ2n) is 5.83. The largest absolute Gasteiger partial charge is 0.390 e. The number of hydrogen-bond acceptors (Lipinski definition) is 7. The number of aryl methyl sites for hydroxylation is 1. The lowest BCUT2D eigenvalue weighted by Crippen LogP contribution is -2.26. The Hall–Kier alpha value is -3.11. The number of carbonyl (C=O) groups is 1. The molecule has 0 atom stereocenters. The number of hydrogen-bond donors (Lipinski definition) is 1. The SMILES string of the molecule is Nc1scc2c(C(=O)n3cc(CCF)nn3)nn(-c3ccc(Cl)cc3)c(=O)c12. The van der Waals surface area contributed by atoms with Crippen LogP contribution >= 0.6 is 22.9 Å². The van der Waals surface area contributed by atoms with Crippen LogP contribution in [0, 0.1) is 0 Å². The third-order valence-electron chi connectivity index (χ3n) is 4.05. The van der Waals surface area contributed by atoms with Crippen molar-refractivity contribution in [2.75, 3.05) is 12.4 Å². The Labute approximate surface area is 166 Å². The van der Waals surface area contributed by atoms with Gasteiger partial charge in [0.15, 0.2) is 5.69 Å². The Morgan fingerprint density at radius 2 is 2.04 bits per heavy atom. The predicted octanol–water partition coefficient (Wildman–Crippen LogP) is 2.47. The third-order valence-corrected chi connectivity index (χ3v) is 5.12. The van der Waals surface area contributed by atoms with Crippen LogP contribution in [-0.4, -0.2) is 37.4 Å². The second-order valence-corrected chi connectivity index (χ2v) is 7.18. The van der Waals surface area contributed by atoms with Crippen LogP contribution in [0.1, 0.15) is 16.2 Å². The summed E-state index contributed by atoms with van der Waals surface area (Å²) in [4.78, 5) is 25.9. The van der Waals surface area contributed by atoms with Gasteiger partial charge in [0, 0.05) is 22.2 Å². The van der Waals surface area contributed by atoms with E-state index in [0.29, 0.717) is 21.8 Å². The average molecular weight is 419 g/mol. The molecule has 4 rings (SSSR count). The van der Waals surface area contributed by atoms with Crippen molar-refractivity contribution in [3.8, 4) is 5.69 Å². The predicted molar refractivity (Wildman–Crippen MR) is 104 cm³/mol. The molecule has 0 bridgehead atoms. The number of anilines is 1. The average Bonchev–Trinajstić information content (AvgIpc) is 3.30. The number of thiophene rings is 1. The van der Waals surface area contributed by atoms with Crippen molar-refractivity contribution in [1.82, 2.24) is 24.8 Å². The fourth-order valence-electron chi connectivity index (χ4n) is 2.71. The Bertz CT molecular complexity index is 1250. The van der Waals surface area contributed by atoms with E-state index in [0.717, 1.165) is 20.7 Å². The fourth-order valence-corrected chi connectivity index (χ4v) is 3.62. The summed E-state index contributed by atoms with van der Waals surface area (Å²) < 4.78 is 14.6. The highest BCUT2D eigenvalue weighted by Gasteiger charge is 2.22. The molecule has 4 aromatic rings. The maximum absolute atomic E-state index is 13.0. The van der Waals surface area contributed by atoms with Crippen LogP contribution in [0.2, 0.25) is 5.02 Å². The zero-order valence-electron chi connectivity index (χ0n) is 14.2. The smallest absolute Gasteiger partial charge is 0.300 e. The number of aromatic nitrogens is 5. The van der Waals surface area contributed by atoms with Gasteiger partial charge >= 0.3 is 5.91 Å². The lowest BCUT2D eigenvalue weighted by molar-refractivity contribution is 0.0938. The zero-order valence-corrected chi connectivity index (χ0v) is 15.7. The van der Waals surface area contributed by atoms with Crippen LogP contribution in [-0.2, 0) is 6.42 Å². The van der Waals surface area contributed by atoms with Gasteiger partial charge < -0.3 is 5.73 Å². The first-order valence-corrected chi connectivity index (χ1v) is 9.33. The summed E-state index contributed by atoms with van der Waals surface area (Å²) in [6.07, 6.45) is 1.38. The molecule has 0 aliphatic carbocycles. The highest BCUT2D eigenvalue weighted by molar-refractivity contribution is 7.15. The fraction of sp³-hybridized carbons (Fsp3) is 0.118. The molecule has 0 saturated heterocycles. The van der Waals surface area contributed by atoms with E-state index in [1.54, 1.807) is 29.6 Å². The van der Waals surface area contributed by atoms with Crippen molar-refractivity contribution >= 4 is 44.6 Å². The number of nitrogens with two attached hydrogens (primary N) is 1. The van der Waals surface area contributed by atoms with Crippen LogP contribution in [0.4, 0.5) is 9.39 Å². The summed E-state index contributed by atoms with van der Waals surface area (Å²) in [6, 6.07) is 6.42. The first kappa shape index (κ1) is 18.3. The second kappa shape index (κ2) is 7.13. The summed E-state index contributed by atoms with van der Waals surface area (Å²) in [5, 5.41) is 14.6. The Morgan fingerprint density at radius 3 is 2.75 bits per heavy atom. The molecule has 11 heteroatoms. The van der Waals surface area contributed by atoms with E-state index in [1.807, 2.05) is 0 Å². The molecule has 0 saturated carbocycles. The molecular weight excluding hydrogens is 407 g/mol. The van der Waals surface area contributed by atoms with E-state index in [9.17, 15) is 14.0 Å². The van der Waals surface area contributed by atoms with Gasteiger partial charge in [-0.15, -0.1) is 16.4 Å². The molecule has 142 valence electrons. The van der Waals surface area contributed by atoms with Crippen molar-refractivity contribution < 1.29 is 9.18 Å². The molecule has 0 aliphatic heterocycles. The summed E-state index contributed by atoms with van der Waals surface area (Å²) in [6.45, 7) is -0.613. The van der Waals surface area contributed by atoms with Crippen molar-refractivity contribution in [3.05, 3.63) is 62.6 Å². The number of nitrogens with zero attached hydrogens (tertiary/aromatic N) is 5. The molecule has 1 aromatic carbocycles. The molecule has 28 heavy (non-hydrogen) atoms. The monoisotopic (exact) mass is 418 g/mol. The van der Waals surface area contributed by atoms with E-state index in [2.05, 4.69) is 15.4 Å². The molecule has 8 nitrogen and oxygen atoms in total. The molecule has 0 unspecified atom stereocenters. The van der Waals surface area contributed by atoms with E-state index in [1.165, 1.54) is 6.20 Å². The number of halogens is 2. The number of benzene rings is 1. The van der Waals surface area contributed by atoms with Gasteiger partial charge in [0.1, 0.15) is 0 Å². The number of alkyl halides is 1. The number of nitrogen functional groups attached to an aromatic ring is 1. The molecule has 0 fully saturated rings. The minimum absolute atomic E-state index is 0.0193. The Balaban J connectivity index is 1.92. The molecule has 2 N–H and O–H groups in total. The van der Waals surface area contributed by atoms with Gasteiger partial charge in [-0.1, -0.05) is 16.8 Å². The first-order valence-electron chi connectivity index (χ1n) is 8.07. The molecule has 0 amide bonds. The standard InChI is InChI=1S/C17H12ClFN6O2S/c18-9-1-3-11(4-2-9)25-16(26)13-12(8-28-15(13)20)14(22-25)17(27)24-7-10(5-6-19)21-23-24/h1-4,7-8H,5-6,20H2. The van der Waals surface area contributed by atoms with Gasteiger partial charge in [-0.25, -0.2) is 0 Å². The van der Waals surface area contributed by atoms with Crippen molar-refractivity contribution in [2.45, 2.75) is 6.42 Å². The summed E-state index contributed by atoms with van der Waals surface area (Å²) in [5.41, 5.74) is 6.25. The minimum Gasteiger partial charge on any atom is -0.390 e. The van der Waals surface area contributed by atoms with Crippen LogP contribution < -0.4 is 11.3 Å². The third kappa shape index (κ3) is 3.06. The normalized spacial score (nSPS) is 11.2. The van der Waals surface area contributed by atoms with Crippen LogP contribution in [0.15, 0.2) is 40.6 Å². The number of rotatable bonds is 4.